The Kier molecular flexibility index (Phi) is 7.94. The molecule has 4 heteroatoms. The molecule has 1 N–H and O–H groups in total. The molecule has 3 nitrogen and oxygen atoms in total. The number of benzene rings is 3. The van der Waals surface area contributed by atoms with E-state index in [0.717, 1.165) is 11.5 Å². The summed E-state index contributed by atoms with van der Waals surface area (Å²) in [6.07, 6.45) is 4.31. The van der Waals surface area contributed by atoms with Gasteiger partial charge in [-0.05, 0) is 86.8 Å². The second-order valence-electron chi connectivity index (χ2n) is 11.4. The Morgan fingerprint density at radius 3 is 1.71 bits per heavy atom. The summed E-state index contributed by atoms with van der Waals surface area (Å²) in [5.74, 6) is 1.71. The standard InChI is InChI=1S/C34H41N3S/c1-20(2)28-12-11-13-29(21(3)4)30(28)35-33(38)34-36(31-24(7)16-22(5)17-25(31)8)14-15-37(34)32-26(9)18-23(6)19-27(32)10/h11-21H,1-10H3/p+1. The lowest BCUT2D eigenvalue weighted by atomic mass is 9.92. The molecule has 198 valence electrons. The molecule has 0 aliphatic carbocycles. The van der Waals surface area contributed by atoms with E-state index in [4.69, 9.17) is 12.2 Å². The lowest BCUT2D eigenvalue weighted by Crippen LogP contribution is -2.40. The van der Waals surface area contributed by atoms with Gasteiger partial charge in [-0.2, -0.15) is 9.13 Å². The highest BCUT2D eigenvalue weighted by molar-refractivity contribution is 7.81. The molecule has 0 fully saturated rings. The summed E-state index contributed by atoms with van der Waals surface area (Å²) in [5, 5.41) is 3.75. The van der Waals surface area contributed by atoms with Crippen molar-refractivity contribution in [2.75, 3.05) is 5.32 Å². The Morgan fingerprint density at radius 1 is 0.763 bits per heavy atom. The third-order valence-corrected chi connectivity index (χ3v) is 7.67. The molecule has 0 amide bonds. The van der Waals surface area contributed by atoms with Gasteiger partial charge in [-0.15, -0.1) is 0 Å². The first-order chi connectivity index (χ1) is 17.9. The van der Waals surface area contributed by atoms with Crippen molar-refractivity contribution in [3.8, 4) is 11.4 Å². The highest BCUT2D eigenvalue weighted by atomic mass is 32.1. The van der Waals surface area contributed by atoms with Gasteiger partial charge in [0.15, 0.2) is 4.99 Å². The van der Waals surface area contributed by atoms with Crippen LogP contribution in [0.25, 0.3) is 11.4 Å². The van der Waals surface area contributed by atoms with Crippen LogP contribution in [-0.4, -0.2) is 9.56 Å². The number of imidazole rings is 1. The van der Waals surface area contributed by atoms with Gasteiger partial charge in [0.1, 0.15) is 23.8 Å². The summed E-state index contributed by atoms with van der Waals surface area (Å²) >= 11 is 6.30. The Balaban J connectivity index is 1.99. The zero-order valence-corrected chi connectivity index (χ0v) is 25.5. The lowest BCUT2D eigenvalue weighted by molar-refractivity contribution is -0.596. The molecule has 0 unspecified atom stereocenters. The minimum atomic E-state index is 0.376. The van der Waals surface area contributed by atoms with E-state index >= 15 is 0 Å². The lowest BCUT2D eigenvalue weighted by Gasteiger charge is -2.21. The Bertz CT molecular complexity index is 1370. The number of nitrogens with zero attached hydrogens (tertiary/aromatic N) is 2. The predicted molar refractivity (Wildman–Crippen MR) is 166 cm³/mol. The Labute approximate surface area is 234 Å². The molecule has 4 rings (SSSR count). The van der Waals surface area contributed by atoms with Gasteiger partial charge in [-0.25, -0.2) is 0 Å². The van der Waals surface area contributed by atoms with E-state index in [9.17, 15) is 0 Å². The number of rotatable bonds is 6. The normalized spacial score (nSPS) is 11.5. The monoisotopic (exact) mass is 524 g/mol. The van der Waals surface area contributed by atoms with Crippen molar-refractivity contribution in [2.45, 2.75) is 81.1 Å². The zero-order chi connectivity index (χ0) is 27.9. The van der Waals surface area contributed by atoms with Crippen LogP contribution in [0.2, 0.25) is 0 Å². The minimum Gasteiger partial charge on any atom is -0.339 e. The average molecular weight is 525 g/mol. The van der Waals surface area contributed by atoms with Crippen molar-refractivity contribution < 1.29 is 4.57 Å². The van der Waals surface area contributed by atoms with Crippen molar-refractivity contribution in [3.05, 3.63) is 105 Å². The van der Waals surface area contributed by atoms with Crippen molar-refractivity contribution in [3.63, 3.8) is 0 Å². The average Bonchev–Trinajstić information content (AvgIpc) is 3.21. The van der Waals surface area contributed by atoms with E-state index in [1.165, 1.54) is 55.9 Å². The first-order valence-corrected chi connectivity index (χ1v) is 14.0. The number of thiocarbonyl (C=S) groups is 1. The number of para-hydroxylation sites is 1. The van der Waals surface area contributed by atoms with Crippen LogP contribution in [0.4, 0.5) is 5.69 Å². The molecule has 0 bridgehead atoms. The SMILES string of the molecule is Cc1cc(C)c(-n2cc[n+](-c3c(C)cc(C)cc3C)c2C(=S)Nc2c(C(C)C)cccc2C(C)C)c(C)c1. The molecule has 4 aromatic rings. The molecule has 3 aromatic carbocycles. The van der Waals surface area contributed by atoms with E-state index in [1.807, 2.05) is 0 Å². The van der Waals surface area contributed by atoms with Crippen LogP contribution in [0.1, 0.15) is 89.9 Å². The molecule has 0 saturated heterocycles. The van der Waals surface area contributed by atoms with Crippen LogP contribution in [-0.2, 0) is 0 Å². The number of aromatic nitrogens is 2. The molecular weight excluding hydrogens is 482 g/mol. The van der Waals surface area contributed by atoms with E-state index in [1.54, 1.807) is 0 Å². The van der Waals surface area contributed by atoms with Crippen LogP contribution >= 0.6 is 12.2 Å². The van der Waals surface area contributed by atoms with Crippen LogP contribution in [0.5, 0.6) is 0 Å². The third-order valence-electron chi connectivity index (χ3n) is 7.39. The number of hydrogen-bond acceptors (Lipinski definition) is 1. The molecule has 0 aliphatic rings. The Hall–Kier alpha value is -3.24. The van der Waals surface area contributed by atoms with Crippen molar-refractivity contribution in [2.24, 2.45) is 0 Å². The van der Waals surface area contributed by atoms with E-state index in [-0.39, 0.29) is 0 Å². The first-order valence-electron chi connectivity index (χ1n) is 13.6. The topological polar surface area (TPSA) is 20.8 Å². The highest BCUT2D eigenvalue weighted by Gasteiger charge is 2.30. The predicted octanol–water partition coefficient (Wildman–Crippen LogP) is 8.64. The molecule has 0 saturated carbocycles. The van der Waals surface area contributed by atoms with Crippen LogP contribution in [0, 0.1) is 41.5 Å². The van der Waals surface area contributed by atoms with Gasteiger partial charge >= 0.3 is 5.82 Å². The quantitative estimate of drug-likeness (QED) is 0.201. The second-order valence-corrected chi connectivity index (χ2v) is 11.8. The fourth-order valence-electron chi connectivity index (χ4n) is 5.94. The van der Waals surface area contributed by atoms with Crippen molar-refractivity contribution >= 4 is 22.9 Å². The summed E-state index contributed by atoms with van der Waals surface area (Å²) in [6.45, 7) is 22.0. The molecule has 0 spiro atoms. The summed E-state index contributed by atoms with van der Waals surface area (Å²) in [4.78, 5) is 0.712. The Morgan fingerprint density at radius 2 is 1.24 bits per heavy atom. The second kappa shape index (κ2) is 10.9. The summed E-state index contributed by atoms with van der Waals surface area (Å²) in [7, 11) is 0. The smallest absolute Gasteiger partial charge is 0.327 e. The molecule has 38 heavy (non-hydrogen) atoms. The fraction of sp³-hybridized carbons (Fsp3) is 0.353. The maximum absolute atomic E-state index is 6.30. The van der Waals surface area contributed by atoms with Crippen LogP contribution in [0.3, 0.4) is 0 Å². The maximum atomic E-state index is 6.30. The van der Waals surface area contributed by atoms with Gasteiger partial charge in [0.25, 0.3) is 0 Å². The van der Waals surface area contributed by atoms with Gasteiger partial charge in [-0.3, -0.25) is 0 Å². The van der Waals surface area contributed by atoms with Crippen LogP contribution < -0.4 is 9.88 Å². The molecule has 1 heterocycles. The summed E-state index contributed by atoms with van der Waals surface area (Å²) in [5.41, 5.74) is 13.5. The van der Waals surface area contributed by atoms with Crippen LogP contribution in [0.15, 0.2) is 54.9 Å². The number of anilines is 1. The number of aryl methyl sites for hydroxylation is 6. The molecule has 1 aromatic heterocycles. The fourth-order valence-corrected chi connectivity index (χ4v) is 6.24. The molecular formula is C34H42N3S+. The summed E-state index contributed by atoms with van der Waals surface area (Å²) in [6, 6.07) is 15.6. The zero-order valence-electron chi connectivity index (χ0n) is 24.7. The first kappa shape index (κ1) is 27.8. The third kappa shape index (κ3) is 5.19. The number of hydrogen-bond donors (Lipinski definition) is 1. The van der Waals surface area contributed by atoms with E-state index in [0.29, 0.717) is 16.8 Å². The minimum absolute atomic E-state index is 0.376. The van der Waals surface area contributed by atoms with Gasteiger partial charge in [0.2, 0.25) is 0 Å². The molecule has 0 aliphatic heterocycles. The molecule has 0 radical (unpaired) electrons. The van der Waals surface area contributed by atoms with Crippen molar-refractivity contribution in [1.82, 2.24) is 4.57 Å². The largest absolute Gasteiger partial charge is 0.339 e. The van der Waals surface area contributed by atoms with E-state index < -0.39 is 0 Å². The van der Waals surface area contributed by atoms with Crippen molar-refractivity contribution in [1.29, 1.82) is 0 Å². The van der Waals surface area contributed by atoms with Gasteiger partial charge in [0.05, 0.1) is 0 Å². The summed E-state index contributed by atoms with van der Waals surface area (Å²) < 4.78 is 4.54. The van der Waals surface area contributed by atoms with Gasteiger partial charge < -0.3 is 5.32 Å². The highest BCUT2D eigenvalue weighted by Crippen LogP contribution is 2.33. The number of nitrogens with one attached hydrogen (secondary N) is 1. The van der Waals surface area contributed by atoms with Gasteiger partial charge in [0, 0.05) is 5.69 Å². The molecule has 0 atom stereocenters. The van der Waals surface area contributed by atoms with Gasteiger partial charge in [-0.1, -0.05) is 93.5 Å². The van der Waals surface area contributed by atoms with E-state index in [2.05, 4.69) is 139 Å². The maximum Gasteiger partial charge on any atom is 0.327 e.